The Labute approximate surface area is 195 Å². The van der Waals surface area contributed by atoms with E-state index in [-0.39, 0.29) is 11.7 Å². The molecule has 0 radical (unpaired) electrons. The van der Waals surface area contributed by atoms with E-state index in [0.29, 0.717) is 11.6 Å². The molecule has 32 heavy (non-hydrogen) atoms. The van der Waals surface area contributed by atoms with Crippen LogP contribution in [0.2, 0.25) is 5.02 Å². The molecular formula is C24H21ClN4O2S. The van der Waals surface area contributed by atoms with Gasteiger partial charge in [0.2, 0.25) is 0 Å². The molecule has 1 heterocycles. The Hall–Kier alpha value is -3.29. The molecular weight excluding hydrogens is 444 g/mol. The second kappa shape index (κ2) is 10.3. The highest BCUT2D eigenvalue weighted by Crippen LogP contribution is 2.25. The molecule has 0 atom stereocenters. The van der Waals surface area contributed by atoms with Crippen molar-refractivity contribution in [1.29, 1.82) is 0 Å². The lowest BCUT2D eigenvalue weighted by Crippen LogP contribution is -2.20. The van der Waals surface area contributed by atoms with Crippen molar-refractivity contribution in [3.8, 4) is 5.75 Å². The van der Waals surface area contributed by atoms with Gasteiger partial charge in [-0.2, -0.15) is 5.10 Å². The molecule has 0 fully saturated rings. The second-order valence-corrected chi connectivity index (χ2v) is 8.33. The number of aromatic nitrogens is 2. The van der Waals surface area contributed by atoms with Crippen LogP contribution in [0.4, 0.5) is 0 Å². The zero-order chi connectivity index (χ0) is 22.3. The monoisotopic (exact) mass is 464 g/mol. The van der Waals surface area contributed by atoms with Crippen molar-refractivity contribution < 1.29 is 9.53 Å². The Kier molecular flexibility index (Phi) is 7.09. The van der Waals surface area contributed by atoms with Gasteiger partial charge >= 0.3 is 0 Å². The molecule has 1 N–H and O–H groups in total. The molecule has 0 aliphatic carbocycles. The number of fused-ring (bicyclic) bond motifs is 1. The van der Waals surface area contributed by atoms with Gasteiger partial charge in [0.15, 0.2) is 5.16 Å². The van der Waals surface area contributed by atoms with Crippen LogP contribution in [0.15, 0.2) is 83.1 Å². The first-order valence-corrected chi connectivity index (χ1v) is 11.3. The van der Waals surface area contributed by atoms with E-state index in [0.717, 1.165) is 33.1 Å². The summed E-state index contributed by atoms with van der Waals surface area (Å²) >= 11 is 7.39. The first kappa shape index (κ1) is 21.9. The van der Waals surface area contributed by atoms with Crippen molar-refractivity contribution in [2.45, 2.75) is 11.7 Å². The van der Waals surface area contributed by atoms with Crippen molar-refractivity contribution in [3.63, 3.8) is 0 Å². The molecule has 0 spiro atoms. The minimum absolute atomic E-state index is 0.198. The van der Waals surface area contributed by atoms with Crippen LogP contribution < -0.4 is 10.2 Å². The number of hydrazone groups is 1. The number of amides is 1. The lowest BCUT2D eigenvalue weighted by atomic mass is 10.2. The van der Waals surface area contributed by atoms with E-state index < -0.39 is 0 Å². The number of halogens is 1. The summed E-state index contributed by atoms with van der Waals surface area (Å²) in [4.78, 5) is 17.0. The summed E-state index contributed by atoms with van der Waals surface area (Å²) < 4.78 is 7.24. The van der Waals surface area contributed by atoms with Gasteiger partial charge in [-0.05, 0) is 59.7 Å². The van der Waals surface area contributed by atoms with Crippen LogP contribution in [-0.2, 0) is 11.3 Å². The molecule has 0 aliphatic rings. The summed E-state index contributed by atoms with van der Waals surface area (Å²) in [6.07, 6.45) is 1.60. The number of nitrogens with one attached hydrogen (secondary N) is 1. The van der Waals surface area contributed by atoms with E-state index in [1.165, 1.54) is 11.8 Å². The fourth-order valence-corrected chi connectivity index (χ4v) is 4.05. The molecule has 3 aromatic carbocycles. The first-order valence-electron chi connectivity index (χ1n) is 9.91. The van der Waals surface area contributed by atoms with E-state index in [2.05, 4.69) is 15.1 Å². The summed E-state index contributed by atoms with van der Waals surface area (Å²) in [5, 5.41) is 5.51. The maximum absolute atomic E-state index is 12.3. The number of methoxy groups -OCH3 is 1. The molecule has 1 amide bonds. The van der Waals surface area contributed by atoms with Crippen LogP contribution in [0.5, 0.6) is 5.75 Å². The zero-order valence-corrected chi connectivity index (χ0v) is 18.9. The first-order chi connectivity index (χ1) is 15.6. The van der Waals surface area contributed by atoms with Crippen molar-refractivity contribution in [2.75, 3.05) is 12.9 Å². The van der Waals surface area contributed by atoms with Crippen molar-refractivity contribution in [2.24, 2.45) is 5.10 Å². The van der Waals surface area contributed by atoms with E-state index in [9.17, 15) is 4.79 Å². The van der Waals surface area contributed by atoms with Crippen LogP contribution in [0, 0.1) is 0 Å². The van der Waals surface area contributed by atoms with Gasteiger partial charge in [0.25, 0.3) is 5.91 Å². The average Bonchev–Trinajstić information content (AvgIpc) is 3.17. The van der Waals surface area contributed by atoms with Crippen LogP contribution in [0.3, 0.4) is 0 Å². The fourth-order valence-electron chi connectivity index (χ4n) is 3.12. The Morgan fingerprint density at radius 2 is 1.88 bits per heavy atom. The van der Waals surface area contributed by atoms with E-state index in [4.69, 9.17) is 21.3 Å². The standard InChI is InChI=1S/C24H21ClN4O2S/c1-31-20-12-8-17(9-13-20)14-26-28-23(30)16-32-24-27-21-4-2-3-5-22(21)29(24)15-18-6-10-19(25)11-7-18/h2-14H,15-16H2,1H3,(H,28,30)/b26-14-. The van der Waals surface area contributed by atoms with E-state index >= 15 is 0 Å². The van der Waals surface area contributed by atoms with Gasteiger partial charge in [0, 0.05) is 5.02 Å². The molecule has 1 aromatic heterocycles. The average molecular weight is 465 g/mol. The highest BCUT2D eigenvalue weighted by atomic mass is 35.5. The Morgan fingerprint density at radius 3 is 2.62 bits per heavy atom. The molecule has 0 saturated heterocycles. The number of hydrogen-bond acceptors (Lipinski definition) is 5. The molecule has 8 heteroatoms. The van der Waals surface area contributed by atoms with Gasteiger partial charge in [-0.25, -0.2) is 10.4 Å². The minimum atomic E-state index is -0.204. The van der Waals surface area contributed by atoms with Gasteiger partial charge < -0.3 is 9.30 Å². The third-order valence-corrected chi connectivity index (χ3v) is 5.95. The van der Waals surface area contributed by atoms with Crippen molar-refractivity contribution in [3.05, 3.63) is 88.9 Å². The minimum Gasteiger partial charge on any atom is -0.497 e. The highest BCUT2D eigenvalue weighted by molar-refractivity contribution is 7.99. The molecule has 162 valence electrons. The number of rotatable bonds is 8. The summed E-state index contributed by atoms with van der Waals surface area (Å²) in [7, 11) is 1.62. The lowest BCUT2D eigenvalue weighted by Gasteiger charge is -2.09. The number of carbonyl (C=O) groups is 1. The van der Waals surface area contributed by atoms with E-state index in [1.807, 2.05) is 72.8 Å². The van der Waals surface area contributed by atoms with Crippen LogP contribution >= 0.6 is 23.4 Å². The number of hydrogen-bond donors (Lipinski definition) is 1. The Bertz CT molecular complexity index is 1240. The van der Waals surface area contributed by atoms with Crippen LogP contribution in [0.1, 0.15) is 11.1 Å². The summed E-state index contributed by atoms with van der Waals surface area (Å²) in [6.45, 7) is 0.636. The summed E-state index contributed by atoms with van der Waals surface area (Å²) in [5.74, 6) is 0.762. The number of para-hydroxylation sites is 2. The van der Waals surface area contributed by atoms with Gasteiger partial charge in [0.1, 0.15) is 5.75 Å². The third kappa shape index (κ3) is 5.49. The largest absolute Gasteiger partial charge is 0.497 e. The highest BCUT2D eigenvalue weighted by Gasteiger charge is 2.13. The summed E-state index contributed by atoms with van der Waals surface area (Å²) in [5.41, 5.74) is 6.44. The Morgan fingerprint density at radius 1 is 1.12 bits per heavy atom. The number of ether oxygens (including phenoxy) is 1. The second-order valence-electron chi connectivity index (χ2n) is 6.95. The SMILES string of the molecule is COc1ccc(/C=N\NC(=O)CSc2nc3ccccc3n2Cc2ccc(Cl)cc2)cc1. The zero-order valence-electron chi connectivity index (χ0n) is 17.4. The predicted molar refractivity (Wildman–Crippen MR) is 130 cm³/mol. The molecule has 4 rings (SSSR count). The fraction of sp³-hybridized carbons (Fsp3) is 0.125. The Balaban J connectivity index is 1.42. The smallest absolute Gasteiger partial charge is 0.250 e. The molecule has 0 aliphatic heterocycles. The van der Waals surface area contributed by atoms with Gasteiger partial charge in [-0.3, -0.25) is 4.79 Å². The normalized spacial score (nSPS) is 11.2. The van der Waals surface area contributed by atoms with Crippen LogP contribution in [0.25, 0.3) is 11.0 Å². The molecule has 0 bridgehead atoms. The van der Waals surface area contributed by atoms with E-state index in [1.54, 1.807) is 13.3 Å². The number of benzene rings is 3. The number of carbonyl (C=O) groups excluding carboxylic acids is 1. The maximum Gasteiger partial charge on any atom is 0.250 e. The number of thioether (sulfide) groups is 1. The maximum atomic E-state index is 12.3. The number of imidazole rings is 1. The van der Waals surface area contributed by atoms with Crippen molar-refractivity contribution in [1.82, 2.24) is 15.0 Å². The summed E-state index contributed by atoms with van der Waals surface area (Å²) in [6, 6.07) is 23.1. The number of nitrogens with zero attached hydrogens (tertiary/aromatic N) is 3. The van der Waals surface area contributed by atoms with Gasteiger partial charge in [-0.1, -0.05) is 47.6 Å². The topological polar surface area (TPSA) is 68.5 Å². The quantitative estimate of drug-likeness (QED) is 0.226. The molecule has 4 aromatic rings. The molecule has 0 saturated carbocycles. The predicted octanol–water partition coefficient (Wildman–Crippen LogP) is 4.99. The van der Waals surface area contributed by atoms with Gasteiger partial charge in [-0.15, -0.1) is 0 Å². The lowest BCUT2D eigenvalue weighted by molar-refractivity contribution is -0.118. The third-order valence-electron chi connectivity index (χ3n) is 4.72. The molecule has 6 nitrogen and oxygen atoms in total. The van der Waals surface area contributed by atoms with Gasteiger partial charge in [0.05, 0.1) is 36.7 Å². The van der Waals surface area contributed by atoms with Crippen LogP contribution in [-0.4, -0.2) is 34.5 Å². The molecule has 0 unspecified atom stereocenters. The van der Waals surface area contributed by atoms with Crippen molar-refractivity contribution >= 4 is 46.5 Å².